The highest BCUT2D eigenvalue weighted by Gasteiger charge is 2.37. The van der Waals surface area contributed by atoms with Gasteiger partial charge in [-0.2, -0.15) is 0 Å². The SMILES string of the molecule is CNc1ccc(CN2C(=O)C3=C(CCC=C3)C2=O)cc1. The van der Waals surface area contributed by atoms with Crippen molar-refractivity contribution >= 4 is 17.5 Å². The number of nitrogens with one attached hydrogen (secondary N) is 1. The molecule has 1 aliphatic heterocycles. The van der Waals surface area contributed by atoms with E-state index in [4.69, 9.17) is 0 Å². The predicted molar refractivity (Wildman–Crippen MR) is 76.9 cm³/mol. The van der Waals surface area contributed by atoms with Crippen LogP contribution in [0.5, 0.6) is 0 Å². The molecule has 0 spiro atoms. The third-order valence-electron chi connectivity index (χ3n) is 3.73. The van der Waals surface area contributed by atoms with Crippen molar-refractivity contribution in [2.24, 2.45) is 0 Å². The first-order chi connectivity index (χ1) is 9.70. The minimum Gasteiger partial charge on any atom is -0.388 e. The number of hydrogen-bond donors (Lipinski definition) is 1. The first kappa shape index (κ1) is 12.7. The van der Waals surface area contributed by atoms with Crippen molar-refractivity contribution in [1.29, 1.82) is 0 Å². The molecule has 0 radical (unpaired) electrons. The summed E-state index contributed by atoms with van der Waals surface area (Å²) in [6.45, 7) is 0.336. The van der Waals surface area contributed by atoms with Gasteiger partial charge < -0.3 is 5.32 Å². The number of nitrogens with zero attached hydrogens (tertiary/aromatic N) is 1. The second kappa shape index (κ2) is 4.96. The van der Waals surface area contributed by atoms with Gasteiger partial charge >= 0.3 is 0 Å². The van der Waals surface area contributed by atoms with Crippen LogP contribution in [-0.4, -0.2) is 23.8 Å². The van der Waals surface area contributed by atoms with Gasteiger partial charge in [0.2, 0.25) is 0 Å². The van der Waals surface area contributed by atoms with Crippen LogP contribution < -0.4 is 5.32 Å². The summed E-state index contributed by atoms with van der Waals surface area (Å²) in [5, 5.41) is 3.04. The lowest BCUT2D eigenvalue weighted by molar-refractivity contribution is -0.138. The Morgan fingerprint density at radius 3 is 2.55 bits per heavy atom. The van der Waals surface area contributed by atoms with E-state index in [2.05, 4.69) is 5.32 Å². The average Bonchev–Trinajstić information content (AvgIpc) is 2.74. The lowest BCUT2D eigenvalue weighted by atomic mass is 10.00. The quantitative estimate of drug-likeness (QED) is 0.855. The largest absolute Gasteiger partial charge is 0.388 e. The van der Waals surface area contributed by atoms with E-state index in [-0.39, 0.29) is 11.8 Å². The molecule has 1 heterocycles. The lowest BCUT2D eigenvalue weighted by Gasteiger charge is -2.15. The molecule has 1 N–H and O–H groups in total. The van der Waals surface area contributed by atoms with Gasteiger partial charge in [0.1, 0.15) is 0 Å². The van der Waals surface area contributed by atoms with Crippen LogP contribution in [0.15, 0.2) is 47.6 Å². The molecule has 0 saturated heterocycles. The van der Waals surface area contributed by atoms with Crippen LogP contribution in [0.1, 0.15) is 18.4 Å². The molecule has 1 aromatic carbocycles. The third-order valence-corrected chi connectivity index (χ3v) is 3.73. The molecule has 0 bridgehead atoms. The number of carbonyl (C=O) groups is 2. The van der Waals surface area contributed by atoms with Crippen LogP contribution in [0.25, 0.3) is 0 Å². The summed E-state index contributed by atoms with van der Waals surface area (Å²) in [5.41, 5.74) is 3.21. The number of carbonyl (C=O) groups excluding carboxylic acids is 2. The summed E-state index contributed by atoms with van der Waals surface area (Å²) in [6.07, 6.45) is 5.24. The Bertz CT molecular complexity index is 626. The first-order valence-corrected chi connectivity index (χ1v) is 6.73. The van der Waals surface area contributed by atoms with Crippen molar-refractivity contribution in [3.05, 3.63) is 53.1 Å². The second-order valence-electron chi connectivity index (χ2n) is 4.98. The van der Waals surface area contributed by atoms with Crippen molar-refractivity contribution in [1.82, 2.24) is 4.90 Å². The maximum absolute atomic E-state index is 12.3. The van der Waals surface area contributed by atoms with E-state index in [0.29, 0.717) is 24.1 Å². The highest BCUT2D eigenvalue weighted by Crippen LogP contribution is 2.30. The average molecular weight is 268 g/mol. The molecular formula is C16H16N2O2. The summed E-state index contributed by atoms with van der Waals surface area (Å²) in [5.74, 6) is -0.300. The number of rotatable bonds is 3. The molecule has 0 atom stereocenters. The molecule has 1 aliphatic carbocycles. The van der Waals surface area contributed by atoms with Gasteiger partial charge in [0, 0.05) is 23.9 Å². The Morgan fingerprint density at radius 2 is 1.90 bits per heavy atom. The molecular weight excluding hydrogens is 252 g/mol. The zero-order chi connectivity index (χ0) is 14.1. The van der Waals surface area contributed by atoms with Crippen LogP contribution in [0.2, 0.25) is 0 Å². The molecule has 0 saturated carbocycles. The van der Waals surface area contributed by atoms with E-state index in [1.165, 1.54) is 4.90 Å². The number of allylic oxidation sites excluding steroid dienone is 1. The summed E-state index contributed by atoms with van der Waals surface area (Å²) >= 11 is 0. The summed E-state index contributed by atoms with van der Waals surface area (Å²) in [4.78, 5) is 25.9. The lowest BCUT2D eigenvalue weighted by Crippen LogP contribution is -2.31. The van der Waals surface area contributed by atoms with E-state index in [0.717, 1.165) is 17.7 Å². The van der Waals surface area contributed by atoms with Gasteiger partial charge in [-0.3, -0.25) is 14.5 Å². The van der Waals surface area contributed by atoms with Crippen LogP contribution in [0, 0.1) is 0 Å². The van der Waals surface area contributed by atoms with Crippen LogP contribution in [0.4, 0.5) is 5.69 Å². The molecule has 4 heteroatoms. The highest BCUT2D eigenvalue weighted by molar-refractivity contribution is 6.20. The monoisotopic (exact) mass is 268 g/mol. The highest BCUT2D eigenvalue weighted by atomic mass is 16.2. The van der Waals surface area contributed by atoms with E-state index >= 15 is 0 Å². The molecule has 3 rings (SSSR count). The summed E-state index contributed by atoms with van der Waals surface area (Å²) < 4.78 is 0. The van der Waals surface area contributed by atoms with E-state index in [1.807, 2.05) is 37.4 Å². The number of benzene rings is 1. The van der Waals surface area contributed by atoms with Crippen molar-refractivity contribution in [3.8, 4) is 0 Å². The summed E-state index contributed by atoms with van der Waals surface area (Å²) in [7, 11) is 1.85. The zero-order valence-corrected chi connectivity index (χ0v) is 11.3. The molecule has 0 fully saturated rings. The molecule has 0 aromatic heterocycles. The maximum Gasteiger partial charge on any atom is 0.261 e. The fraction of sp³-hybridized carbons (Fsp3) is 0.250. The van der Waals surface area contributed by atoms with Gasteiger partial charge in [-0.05, 0) is 30.5 Å². The number of hydrogen-bond acceptors (Lipinski definition) is 3. The Morgan fingerprint density at radius 1 is 1.15 bits per heavy atom. The van der Waals surface area contributed by atoms with E-state index < -0.39 is 0 Å². The number of amides is 2. The van der Waals surface area contributed by atoms with Crippen molar-refractivity contribution in [2.45, 2.75) is 19.4 Å². The minimum atomic E-state index is -0.168. The topological polar surface area (TPSA) is 49.4 Å². The van der Waals surface area contributed by atoms with Gasteiger partial charge in [-0.25, -0.2) is 0 Å². The first-order valence-electron chi connectivity index (χ1n) is 6.73. The molecule has 1 aromatic rings. The Labute approximate surface area is 117 Å². The fourth-order valence-electron chi connectivity index (χ4n) is 2.59. The van der Waals surface area contributed by atoms with Gasteiger partial charge in [0.25, 0.3) is 11.8 Å². The van der Waals surface area contributed by atoms with Gasteiger partial charge in [-0.1, -0.05) is 24.3 Å². The van der Waals surface area contributed by atoms with Crippen molar-refractivity contribution in [2.75, 3.05) is 12.4 Å². The fourth-order valence-corrected chi connectivity index (χ4v) is 2.59. The molecule has 4 nitrogen and oxygen atoms in total. The number of imide groups is 1. The minimum absolute atomic E-state index is 0.132. The maximum atomic E-state index is 12.3. The zero-order valence-electron chi connectivity index (χ0n) is 11.3. The molecule has 2 aliphatic rings. The van der Waals surface area contributed by atoms with Gasteiger partial charge in [0.05, 0.1) is 6.54 Å². The standard InChI is InChI=1S/C16H16N2O2/c1-17-12-8-6-11(7-9-12)10-18-15(19)13-4-2-3-5-14(13)16(18)20/h2,4,6-9,17H,3,5,10H2,1H3. The van der Waals surface area contributed by atoms with Crippen molar-refractivity contribution < 1.29 is 9.59 Å². The summed E-state index contributed by atoms with van der Waals surface area (Å²) in [6, 6.07) is 7.74. The van der Waals surface area contributed by atoms with E-state index in [1.54, 1.807) is 6.08 Å². The van der Waals surface area contributed by atoms with Crippen LogP contribution in [0.3, 0.4) is 0 Å². The number of anilines is 1. The molecule has 20 heavy (non-hydrogen) atoms. The normalized spacial score (nSPS) is 17.8. The Hall–Kier alpha value is -2.36. The van der Waals surface area contributed by atoms with Gasteiger partial charge in [0.15, 0.2) is 0 Å². The molecule has 102 valence electrons. The molecule has 2 amide bonds. The Balaban J connectivity index is 1.80. The predicted octanol–water partition coefficient (Wildman–Crippen LogP) is 2.24. The van der Waals surface area contributed by atoms with E-state index in [9.17, 15) is 9.59 Å². The molecule has 0 unspecified atom stereocenters. The Kier molecular flexibility index (Phi) is 3.14. The third kappa shape index (κ3) is 2.03. The van der Waals surface area contributed by atoms with Crippen LogP contribution in [-0.2, 0) is 16.1 Å². The second-order valence-corrected chi connectivity index (χ2v) is 4.98. The van der Waals surface area contributed by atoms with Crippen LogP contribution >= 0.6 is 0 Å². The van der Waals surface area contributed by atoms with Gasteiger partial charge in [-0.15, -0.1) is 0 Å². The smallest absolute Gasteiger partial charge is 0.261 e. The van der Waals surface area contributed by atoms with Crippen molar-refractivity contribution in [3.63, 3.8) is 0 Å².